The van der Waals surface area contributed by atoms with Crippen molar-refractivity contribution in [1.29, 1.82) is 0 Å². The molecule has 1 fully saturated rings. The van der Waals surface area contributed by atoms with Gasteiger partial charge in [-0.05, 0) is 38.0 Å². The highest BCUT2D eigenvalue weighted by molar-refractivity contribution is 7.71. The van der Waals surface area contributed by atoms with Crippen LogP contribution >= 0.6 is 23.6 Å². The third-order valence-electron chi connectivity index (χ3n) is 3.16. The molecule has 0 unspecified atom stereocenters. The Labute approximate surface area is 115 Å². The number of ether oxygens (including phenoxy) is 1. The normalized spacial score (nSPS) is 19.5. The number of aromatic nitrogens is 3. The summed E-state index contributed by atoms with van der Waals surface area (Å²) in [7, 11) is 0. The Morgan fingerprint density at radius 3 is 3.22 bits per heavy atom. The second kappa shape index (κ2) is 4.95. The van der Waals surface area contributed by atoms with Gasteiger partial charge in [-0.3, -0.25) is 9.67 Å². The van der Waals surface area contributed by atoms with Crippen molar-refractivity contribution < 1.29 is 4.74 Å². The molecule has 1 saturated heterocycles. The summed E-state index contributed by atoms with van der Waals surface area (Å²) >= 11 is 7.03. The Morgan fingerprint density at radius 2 is 2.56 bits per heavy atom. The number of H-pyrrole nitrogens is 1. The van der Waals surface area contributed by atoms with Crippen molar-refractivity contribution in [3.05, 3.63) is 21.1 Å². The van der Waals surface area contributed by atoms with Crippen molar-refractivity contribution in [2.45, 2.75) is 32.4 Å². The van der Waals surface area contributed by atoms with Gasteiger partial charge in [0, 0.05) is 22.4 Å². The Kier molecular flexibility index (Phi) is 3.32. The zero-order chi connectivity index (χ0) is 12.5. The number of nitrogens with zero attached hydrogens (tertiary/aromatic N) is 2. The highest BCUT2D eigenvalue weighted by Gasteiger charge is 2.19. The first-order chi connectivity index (χ1) is 8.74. The van der Waals surface area contributed by atoms with Crippen LogP contribution in [-0.4, -0.2) is 27.5 Å². The van der Waals surface area contributed by atoms with E-state index >= 15 is 0 Å². The smallest absolute Gasteiger partial charge is 0.195 e. The maximum atomic E-state index is 5.67. The third-order valence-corrected chi connectivity index (χ3v) is 4.33. The van der Waals surface area contributed by atoms with Crippen molar-refractivity contribution >= 4 is 23.6 Å². The number of hydrogen-bond acceptors (Lipinski definition) is 4. The molecule has 3 heterocycles. The Bertz CT molecular complexity index is 592. The van der Waals surface area contributed by atoms with Crippen LogP contribution in [0.4, 0.5) is 0 Å². The van der Waals surface area contributed by atoms with Gasteiger partial charge in [-0.2, -0.15) is 5.10 Å². The van der Waals surface area contributed by atoms with E-state index in [2.05, 4.69) is 28.6 Å². The molecule has 0 bridgehead atoms. The lowest BCUT2D eigenvalue weighted by Gasteiger charge is -2.11. The minimum Gasteiger partial charge on any atom is -0.376 e. The fraction of sp³-hybridized carbons (Fsp3) is 0.500. The van der Waals surface area contributed by atoms with Crippen LogP contribution in [-0.2, 0) is 11.3 Å². The summed E-state index contributed by atoms with van der Waals surface area (Å²) in [6.07, 6.45) is 2.52. The van der Waals surface area contributed by atoms with E-state index in [9.17, 15) is 0 Å². The summed E-state index contributed by atoms with van der Waals surface area (Å²) in [5.41, 5.74) is 1.13. The number of rotatable bonds is 3. The standard InChI is InChI=1S/C12H15N3OS2/c1-8-5-9(7-18-8)11-13-14-12(17)15(11)6-10-3-2-4-16-10/h5,7,10H,2-4,6H2,1H3,(H,14,17)/t10-/m1/s1. The maximum absolute atomic E-state index is 5.67. The monoisotopic (exact) mass is 281 g/mol. The average Bonchev–Trinajstić information content (AvgIpc) is 3.04. The summed E-state index contributed by atoms with van der Waals surface area (Å²) in [5.74, 6) is 0.917. The first-order valence-corrected chi connectivity index (χ1v) is 7.35. The minimum absolute atomic E-state index is 0.271. The Morgan fingerprint density at radius 1 is 1.67 bits per heavy atom. The van der Waals surface area contributed by atoms with Crippen LogP contribution in [0.1, 0.15) is 17.7 Å². The molecular weight excluding hydrogens is 266 g/mol. The van der Waals surface area contributed by atoms with Crippen LogP contribution < -0.4 is 0 Å². The quantitative estimate of drug-likeness (QED) is 0.879. The summed E-state index contributed by atoms with van der Waals surface area (Å²) in [6.45, 7) is 3.75. The van der Waals surface area contributed by atoms with E-state index in [1.54, 1.807) is 11.3 Å². The zero-order valence-electron chi connectivity index (χ0n) is 10.2. The summed E-state index contributed by atoms with van der Waals surface area (Å²) in [4.78, 5) is 1.28. The van der Waals surface area contributed by atoms with Crippen molar-refractivity contribution in [2.75, 3.05) is 6.61 Å². The van der Waals surface area contributed by atoms with Gasteiger partial charge in [-0.25, -0.2) is 0 Å². The van der Waals surface area contributed by atoms with Gasteiger partial charge < -0.3 is 4.74 Å². The molecule has 0 aliphatic carbocycles. The lowest BCUT2D eigenvalue weighted by molar-refractivity contribution is 0.0970. The van der Waals surface area contributed by atoms with E-state index in [4.69, 9.17) is 17.0 Å². The second-order valence-corrected chi connectivity index (χ2v) is 6.05. The highest BCUT2D eigenvalue weighted by atomic mass is 32.1. The van der Waals surface area contributed by atoms with Gasteiger partial charge >= 0.3 is 0 Å². The van der Waals surface area contributed by atoms with Crippen LogP contribution in [0, 0.1) is 11.7 Å². The van der Waals surface area contributed by atoms with Gasteiger partial charge in [0.25, 0.3) is 0 Å². The average molecular weight is 281 g/mol. The minimum atomic E-state index is 0.271. The summed E-state index contributed by atoms with van der Waals surface area (Å²) in [5, 5.41) is 9.34. The Hall–Kier alpha value is -0.980. The third kappa shape index (κ3) is 2.28. The largest absolute Gasteiger partial charge is 0.376 e. The SMILES string of the molecule is Cc1cc(-c2n[nH]c(=S)n2C[C@H]2CCCO2)cs1. The number of thiophene rings is 1. The lowest BCUT2D eigenvalue weighted by Crippen LogP contribution is -2.15. The molecule has 0 aromatic carbocycles. The molecule has 18 heavy (non-hydrogen) atoms. The van der Waals surface area contributed by atoms with Crippen LogP contribution in [0.15, 0.2) is 11.4 Å². The number of aromatic amines is 1. The summed E-state index contributed by atoms with van der Waals surface area (Å²) in [6, 6.07) is 2.14. The van der Waals surface area contributed by atoms with Gasteiger partial charge in [0.15, 0.2) is 10.6 Å². The molecule has 1 N–H and O–H groups in total. The second-order valence-electron chi connectivity index (χ2n) is 4.54. The van der Waals surface area contributed by atoms with E-state index in [0.717, 1.165) is 37.4 Å². The van der Waals surface area contributed by atoms with E-state index in [1.165, 1.54) is 4.88 Å². The predicted molar refractivity (Wildman–Crippen MR) is 74.4 cm³/mol. The van der Waals surface area contributed by atoms with Crippen molar-refractivity contribution in [3.63, 3.8) is 0 Å². The topological polar surface area (TPSA) is 42.8 Å². The number of hydrogen-bond donors (Lipinski definition) is 1. The first kappa shape index (κ1) is 12.1. The molecule has 1 aliphatic heterocycles. The molecule has 0 spiro atoms. The molecule has 2 aromatic heterocycles. The fourth-order valence-electron chi connectivity index (χ4n) is 2.26. The molecule has 96 valence electrons. The molecule has 0 radical (unpaired) electrons. The lowest BCUT2D eigenvalue weighted by atomic mass is 10.2. The first-order valence-electron chi connectivity index (χ1n) is 6.06. The van der Waals surface area contributed by atoms with Crippen LogP contribution in [0.3, 0.4) is 0 Å². The zero-order valence-corrected chi connectivity index (χ0v) is 11.8. The molecule has 0 saturated carbocycles. The van der Waals surface area contributed by atoms with E-state index < -0.39 is 0 Å². The summed E-state index contributed by atoms with van der Waals surface area (Å²) < 4.78 is 8.39. The highest BCUT2D eigenvalue weighted by Crippen LogP contribution is 2.25. The molecular formula is C12H15N3OS2. The number of nitrogens with one attached hydrogen (secondary N) is 1. The molecule has 1 atom stereocenters. The van der Waals surface area contributed by atoms with Gasteiger partial charge in [0.1, 0.15) is 0 Å². The van der Waals surface area contributed by atoms with Crippen LogP contribution in [0.25, 0.3) is 11.4 Å². The van der Waals surface area contributed by atoms with Crippen molar-refractivity contribution in [2.24, 2.45) is 0 Å². The number of aryl methyl sites for hydroxylation is 1. The van der Waals surface area contributed by atoms with Gasteiger partial charge in [0.05, 0.1) is 12.6 Å². The predicted octanol–water partition coefficient (Wildman–Crippen LogP) is 3.16. The molecule has 3 rings (SSSR count). The maximum Gasteiger partial charge on any atom is 0.195 e. The van der Waals surface area contributed by atoms with Gasteiger partial charge in [-0.15, -0.1) is 11.3 Å². The van der Waals surface area contributed by atoms with Crippen LogP contribution in [0.2, 0.25) is 0 Å². The van der Waals surface area contributed by atoms with E-state index in [-0.39, 0.29) is 6.10 Å². The Balaban J connectivity index is 1.93. The van der Waals surface area contributed by atoms with Gasteiger partial charge in [0.2, 0.25) is 0 Å². The molecule has 0 amide bonds. The van der Waals surface area contributed by atoms with Crippen LogP contribution in [0.5, 0.6) is 0 Å². The van der Waals surface area contributed by atoms with Gasteiger partial charge in [-0.1, -0.05) is 0 Å². The molecule has 6 heteroatoms. The molecule has 4 nitrogen and oxygen atoms in total. The molecule has 2 aromatic rings. The molecule has 1 aliphatic rings. The fourth-order valence-corrected chi connectivity index (χ4v) is 3.15. The van der Waals surface area contributed by atoms with E-state index in [1.807, 2.05) is 4.57 Å². The van der Waals surface area contributed by atoms with Crippen molar-refractivity contribution in [1.82, 2.24) is 14.8 Å². The van der Waals surface area contributed by atoms with Crippen molar-refractivity contribution in [3.8, 4) is 11.4 Å². The van der Waals surface area contributed by atoms with E-state index in [0.29, 0.717) is 4.77 Å².